The summed E-state index contributed by atoms with van der Waals surface area (Å²) in [7, 11) is 0. The van der Waals surface area contributed by atoms with Gasteiger partial charge in [-0.1, -0.05) is 32.6 Å². The Morgan fingerprint density at radius 1 is 1.39 bits per heavy atom. The quantitative estimate of drug-likeness (QED) is 0.739. The Hall–Kier alpha value is -1.39. The van der Waals surface area contributed by atoms with Gasteiger partial charge in [-0.2, -0.15) is 0 Å². The summed E-state index contributed by atoms with van der Waals surface area (Å²) in [5.41, 5.74) is 5.62. The molecular weight excluding hydrogens is 228 g/mol. The third-order valence-corrected chi connectivity index (χ3v) is 3.72. The van der Waals surface area contributed by atoms with Crippen molar-refractivity contribution < 1.29 is 4.79 Å². The van der Waals surface area contributed by atoms with Gasteiger partial charge in [0.25, 0.3) is 5.91 Å². The van der Waals surface area contributed by atoms with E-state index in [0.29, 0.717) is 12.4 Å². The molecule has 0 bridgehead atoms. The number of unbranched alkanes of at least 4 members (excludes halogenated alkanes) is 1. The summed E-state index contributed by atoms with van der Waals surface area (Å²) in [6.45, 7) is 2.77. The summed E-state index contributed by atoms with van der Waals surface area (Å²) >= 11 is 0. The molecule has 1 aliphatic heterocycles. The van der Waals surface area contributed by atoms with Crippen LogP contribution in [-0.4, -0.2) is 29.7 Å². The van der Waals surface area contributed by atoms with E-state index in [0.717, 1.165) is 38.5 Å². The predicted molar refractivity (Wildman–Crippen MR) is 72.8 cm³/mol. The molecule has 1 fully saturated rings. The number of carbonyl (C=O) groups is 1. The second-order valence-electron chi connectivity index (χ2n) is 5.13. The molecule has 0 saturated heterocycles. The highest BCUT2D eigenvalue weighted by molar-refractivity contribution is 6.41. The average molecular weight is 250 g/mol. The smallest absolute Gasteiger partial charge is 0.288 e. The molecule has 3 N–H and O–H groups in total. The number of amidine groups is 2. The molecule has 0 aromatic rings. The lowest BCUT2D eigenvalue weighted by Gasteiger charge is -2.29. The number of rotatable bonds is 4. The third kappa shape index (κ3) is 2.54. The topological polar surface area (TPSA) is 79.8 Å². The molecule has 1 spiro atoms. The molecule has 1 saturated carbocycles. The molecule has 2 aliphatic rings. The molecule has 1 aliphatic carbocycles. The van der Waals surface area contributed by atoms with Gasteiger partial charge in [0.05, 0.1) is 0 Å². The summed E-state index contributed by atoms with van der Waals surface area (Å²) in [4.78, 5) is 20.6. The number of aliphatic imine (C=N–C) groups is 2. The van der Waals surface area contributed by atoms with Crippen molar-refractivity contribution in [2.45, 2.75) is 57.4 Å². The maximum atomic E-state index is 11.9. The van der Waals surface area contributed by atoms with Gasteiger partial charge in [0.15, 0.2) is 0 Å². The number of hydrogen-bond donors (Lipinski definition) is 2. The minimum absolute atomic E-state index is 0.186. The standard InChI is InChI=1S/C13H22N4O/c1-2-3-9-15-11(18)10-16-12(14)13(17-10)7-5-4-6-8-13/h2-9H2,1H3,(H,15,18)(H2,14,16,17). The molecule has 0 radical (unpaired) electrons. The van der Waals surface area contributed by atoms with Crippen LogP contribution in [0.25, 0.3) is 0 Å². The predicted octanol–water partition coefficient (Wildman–Crippen LogP) is 1.37. The van der Waals surface area contributed by atoms with Gasteiger partial charge in [-0.3, -0.25) is 4.79 Å². The van der Waals surface area contributed by atoms with Gasteiger partial charge in [0.1, 0.15) is 11.4 Å². The molecule has 18 heavy (non-hydrogen) atoms. The fraction of sp³-hybridized carbons (Fsp3) is 0.769. The molecule has 2 rings (SSSR count). The van der Waals surface area contributed by atoms with Crippen LogP contribution in [0, 0.1) is 0 Å². The maximum absolute atomic E-state index is 11.9. The normalized spacial score (nSPS) is 21.6. The minimum Gasteiger partial charge on any atom is -0.385 e. The molecular formula is C13H22N4O. The van der Waals surface area contributed by atoms with Crippen LogP contribution in [-0.2, 0) is 4.79 Å². The van der Waals surface area contributed by atoms with Crippen LogP contribution in [0.1, 0.15) is 51.9 Å². The Morgan fingerprint density at radius 3 is 2.78 bits per heavy atom. The first kappa shape index (κ1) is 13.1. The second kappa shape index (κ2) is 5.50. The van der Waals surface area contributed by atoms with Gasteiger partial charge in [-0.05, 0) is 19.3 Å². The lowest BCUT2D eigenvalue weighted by Crippen LogP contribution is -2.41. The largest absolute Gasteiger partial charge is 0.385 e. The van der Waals surface area contributed by atoms with E-state index < -0.39 is 0 Å². The molecule has 5 nitrogen and oxygen atoms in total. The first-order valence-electron chi connectivity index (χ1n) is 6.90. The molecule has 5 heteroatoms. The maximum Gasteiger partial charge on any atom is 0.288 e. The summed E-state index contributed by atoms with van der Waals surface area (Å²) in [5, 5.41) is 2.84. The second-order valence-corrected chi connectivity index (χ2v) is 5.13. The van der Waals surface area contributed by atoms with Crippen LogP contribution in [0.2, 0.25) is 0 Å². The van der Waals surface area contributed by atoms with E-state index in [1.165, 1.54) is 6.42 Å². The Morgan fingerprint density at radius 2 is 2.11 bits per heavy atom. The number of nitrogens with one attached hydrogen (secondary N) is 1. The first-order valence-corrected chi connectivity index (χ1v) is 6.90. The highest BCUT2D eigenvalue weighted by Crippen LogP contribution is 2.34. The van der Waals surface area contributed by atoms with Gasteiger partial charge in [-0.25, -0.2) is 9.98 Å². The van der Waals surface area contributed by atoms with Crippen molar-refractivity contribution in [3.63, 3.8) is 0 Å². The number of nitrogens with zero attached hydrogens (tertiary/aromatic N) is 2. The Labute approximate surface area is 108 Å². The highest BCUT2D eigenvalue weighted by atomic mass is 16.2. The third-order valence-electron chi connectivity index (χ3n) is 3.72. The van der Waals surface area contributed by atoms with Gasteiger partial charge in [0, 0.05) is 6.54 Å². The summed E-state index contributed by atoms with van der Waals surface area (Å²) in [6.07, 6.45) is 7.34. The van der Waals surface area contributed by atoms with E-state index in [2.05, 4.69) is 22.2 Å². The lowest BCUT2D eigenvalue weighted by atomic mass is 9.82. The molecule has 0 aromatic carbocycles. The number of carbonyl (C=O) groups excluding carboxylic acids is 1. The van der Waals surface area contributed by atoms with E-state index in [-0.39, 0.29) is 17.3 Å². The zero-order valence-electron chi connectivity index (χ0n) is 11.0. The summed E-state index contributed by atoms with van der Waals surface area (Å²) in [6, 6.07) is 0. The van der Waals surface area contributed by atoms with Crippen molar-refractivity contribution in [3.05, 3.63) is 0 Å². The highest BCUT2D eigenvalue weighted by Gasteiger charge is 2.40. The van der Waals surface area contributed by atoms with Crippen LogP contribution in [0.15, 0.2) is 9.98 Å². The Balaban J connectivity index is 2.02. The number of nitrogens with two attached hydrogens (primary N) is 1. The molecule has 1 amide bonds. The lowest BCUT2D eigenvalue weighted by molar-refractivity contribution is -0.114. The summed E-state index contributed by atoms with van der Waals surface area (Å²) in [5.74, 6) is 0.613. The monoisotopic (exact) mass is 250 g/mol. The van der Waals surface area contributed by atoms with Crippen LogP contribution in [0.5, 0.6) is 0 Å². The zero-order chi connectivity index (χ0) is 13.0. The zero-order valence-corrected chi connectivity index (χ0v) is 11.0. The fourth-order valence-corrected chi connectivity index (χ4v) is 2.57. The van der Waals surface area contributed by atoms with E-state index >= 15 is 0 Å². The number of hydrogen-bond acceptors (Lipinski definition) is 4. The first-order chi connectivity index (χ1) is 8.68. The van der Waals surface area contributed by atoms with Crippen LogP contribution >= 0.6 is 0 Å². The molecule has 0 unspecified atom stereocenters. The van der Waals surface area contributed by atoms with Gasteiger partial charge < -0.3 is 11.1 Å². The molecule has 1 heterocycles. The van der Waals surface area contributed by atoms with E-state index in [1.54, 1.807) is 0 Å². The van der Waals surface area contributed by atoms with E-state index in [1.807, 2.05) is 0 Å². The van der Waals surface area contributed by atoms with Crippen LogP contribution in [0.4, 0.5) is 0 Å². The molecule has 0 aromatic heterocycles. The van der Waals surface area contributed by atoms with E-state index in [9.17, 15) is 4.79 Å². The summed E-state index contributed by atoms with van der Waals surface area (Å²) < 4.78 is 0. The van der Waals surface area contributed by atoms with Crippen molar-refractivity contribution in [2.75, 3.05) is 6.54 Å². The van der Waals surface area contributed by atoms with Crippen molar-refractivity contribution >= 4 is 17.6 Å². The van der Waals surface area contributed by atoms with Crippen LogP contribution < -0.4 is 11.1 Å². The number of amides is 1. The van der Waals surface area contributed by atoms with Crippen molar-refractivity contribution in [3.8, 4) is 0 Å². The van der Waals surface area contributed by atoms with E-state index in [4.69, 9.17) is 5.73 Å². The minimum atomic E-state index is -0.365. The average Bonchev–Trinajstić information content (AvgIpc) is 2.68. The SMILES string of the molecule is CCCCNC(=O)C1=NC2(CCCCC2)C(N)=N1. The van der Waals surface area contributed by atoms with Gasteiger partial charge in [0.2, 0.25) is 5.84 Å². The molecule has 0 atom stereocenters. The Bertz CT molecular complexity index is 380. The van der Waals surface area contributed by atoms with Crippen LogP contribution in [0.3, 0.4) is 0 Å². The van der Waals surface area contributed by atoms with Crippen molar-refractivity contribution in [2.24, 2.45) is 15.7 Å². The van der Waals surface area contributed by atoms with Gasteiger partial charge in [-0.15, -0.1) is 0 Å². The molecule has 100 valence electrons. The Kier molecular flexibility index (Phi) is 3.99. The van der Waals surface area contributed by atoms with Gasteiger partial charge >= 0.3 is 0 Å². The fourth-order valence-electron chi connectivity index (χ4n) is 2.57. The van der Waals surface area contributed by atoms with Crippen molar-refractivity contribution in [1.82, 2.24) is 5.32 Å². The van der Waals surface area contributed by atoms with Crippen molar-refractivity contribution in [1.29, 1.82) is 0 Å².